The molecule has 1 aromatic carbocycles. The van der Waals surface area contributed by atoms with Gasteiger partial charge in [0.2, 0.25) is 0 Å². The third-order valence-corrected chi connectivity index (χ3v) is 2.88. The zero-order valence-electron chi connectivity index (χ0n) is 9.52. The number of carboxylic acid groups (broad SMARTS) is 1. The predicted octanol–water partition coefficient (Wildman–Crippen LogP) is 2.76. The van der Waals surface area contributed by atoms with Gasteiger partial charge in [-0.3, -0.25) is 0 Å². The number of aromatic carboxylic acids is 1. The maximum atomic E-state index is 10.9. The molecule has 0 aromatic heterocycles. The molecule has 0 saturated heterocycles. The summed E-state index contributed by atoms with van der Waals surface area (Å²) >= 11 is 0. The quantitative estimate of drug-likeness (QED) is 0.827. The number of benzene rings is 1. The van der Waals surface area contributed by atoms with E-state index in [1.807, 2.05) is 12.1 Å². The summed E-state index contributed by atoms with van der Waals surface area (Å²) in [7, 11) is 0. The molecule has 0 atom stereocenters. The molecule has 16 heavy (non-hydrogen) atoms. The van der Waals surface area contributed by atoms with Crippen molar-refractivity contribution in [3.63, 3.8) is 0 Å². The molecule has 0 amide bonds. The number of nitrogens with zero attached hydrogens (tertiary/aromatic N) is 1. The average Bonchev–Trinajstić information content (AvgIpc) is 3.10. The molecule has 1 fully saturated rings. The minimum Gasteiger partial charge on any atom is -0.478 e. The van der Waals surface area contributed by atoms with E-state index in [4.69, 9.17) is 5.11 Å². The number of hydrogen-bond donors (Lipinski definition) is 1. The summed E-state index contributed by atoms with van der Waals surface area (Å²) < 4.78 is 0. The first-order valence-electron chi connectivity index (χ1n) is 5.82. The maximum absolute atomic E-state index is 10.9. The fourth-order valence-corrected chi connectivity index (χ4v) is 1.97. The van der Waals surface area contributed by atoms with Gasteiger partial charge in [-0.25, -0.2) is 4.79 Å². The third kappa shape index (κ3) is 2.35. The van der Waals surface area contributed by atoms with Gasteiger partial charge in [0.1, 0.15) is 0 Å². The summed E-state index contributed by atoms with van der Waals surface area (Å²) in [5.41, 5.74) is 1.42. The van der Waals surface area contributed by atoms with Gasteiger partial charge in [-0.15, -0.1) is 0 Å². The molecular formula is C13H17NO2. The van der Waals surface area contributed by atoms with Crippen LogP contribution in [0.4, 0.5) is 5.69 Å². The van der Waals surface area contributed by atoms with Gasteiger partial charge in [-0.2, -0.15) is 0 Å². The molecular weight excluding hydrogens is 202 g/mol. The van der Waals surface area contributed by atoms with Crippen molar-refractivity contribution in [1.29, 1.82) is 0 Å². The molecule has 1 aromatic rings. The summed E-state index contributed by atoms with van der Waals surface area (Å²) in [5, 5.41) is 8.96. The normalized spacial score (nSPS) is 14.8. The Kier molecular flexibility index (Phi) is 3.13. The predicted molar refractivity (Wildman–Crippen MR) is 64.1 cm³/mol. The summed E-state index contributed by atoms with van der Waals surface area (Å²) in [6.45, 7) is 3.16. The Morgan fingerprint density at radius 1 is 1.50 bits per heavy atom. The smallest absolute Gasteiger partial charge is 0.335 e. The van der Waals surface area contributed by atoms with Gasteiger partial charge in [0.25, 0.3) is 0 Å². The summed E-state index contributed by atoms with van der Waals surface area (Å²) in [5.74, 6) is -0.853. The zero-order chi connectivity index (χ0) is 11.5. The minimum absolute atomic E-state index is 0.374. The molecule has 1 saturated carbocycles. The molecule has 2 rings (SSSR count). The van der Waals surface area contributed by atoms with E-state index < -0.39 is 5.97 Å². The fourth-order valence-electron chi connectivity index (χ4n) is 1.97. The lowest BCUT2D eigenvalue weighted by Gasteiger charge is -2.24. The van der Waals surface area contributed by atoms with E-state index in [-0.39, 0.29) is 0 Å². The van der Waals surface area contributed by atoms with Crippen LogP contribution in [0.15, 0.2) is 24.3 Å². The monoisotopic (exact) mass is 219 g/mol. The minimum atomic E-state index is -0.853. The Bertz CT molecular complexity index is 385. The second kappa shape index (κ2) is 4.56. The van der Waals surface area contributed by atoms with E-state index in [0.29, 0.717) is 11.6 Å². The molecule has 1 N–H and O–H groups in total. The molecule has 0 bridgehead atoms. The van der Waals surface area contributed by atoms with Gasteiger partial charge in [-0.05, 0) is 37.5 Å². The Labute approximate surface area is 95.7 Å². The molecule has 3 nitrogen and oxygen atoms in total. The fraction of sp³-hybridized carbons (Fsp3) is 0.462. The van der Waals surface area contributed by atoms with E-state index >= 15 is 0 Å². The highest BCUT2D eigenvalue weighted by atomic mass is 16.4. The van der Waals surface area contributed by atoms with Gasteiger partial charge >= 0.3 is 5.97 Å². The topological polar surface area (TPSA) is 40.5 Å². The van der Waals surface area contributed by atoms with Crippen molar-refractivity contribution < 1.29 is 9.90 Å². The Morgan fingerprint density at radius 2 is 2.25 bits per heavy atom. The molecule has 1 aliphatic carbocycles. The van der Waals surface area contributed by atoms with Crippen LogP contribution in [0.1, 0.15) is 36.5 Å². The first-order valence-corrected chi connectivity index (χ1v) is 5.82. The van der Waals surface area contributed by atoms with Crippen LogP contribution in [-0.4, -0.2) is 23.7 Å². The van der Waals surface area contributed by atoms with Crippen LogP contribution in [-0.2, 0) is 0 Å². The van der Waals surface area contributed by atoms with Crippen LogP contribution in [0, 0.1) is 0 Å². The molecule has 0 heterocycles. The summed E-state index contributed by atoms with van der Waals surface area (Å²) in [6.07, 6.45) is 3.56. The average molecular weight is 219 g/mol. The number of carboxylic acids is 1. The van der Waals surface area contributed by atoms with E-state index in [0.717, 1.165) is 18.7 Å². The van der Waals surface area contributed by atoms with E-state index in [9.17, 15) is 4.79 Å². The zero-order valence-corrected chi connectivity index (χ0v) is 9.52. The molecule has 0 aliphatic heterocycles. The largest absolute Gasteiger partial charge is 0.478 e. The van der Waals surface area contributed by atoms with Gasteiger partial charge < -0.3 is 10.0 Å². The highest BCUT2D eigenvalue weighted by Gasteiger charge is 2.28. The third-order valence-electron chi connectivity index (χ3n) is 2.88. The van der Waals surface area contributed by atoms with Crippen LogP contribution >= 0.6 is 0 Å². The number of rotatable bonds is 5. The molecule has 0 unspecified atom stereocenters. The molecule has 1 aliphatic rings. The van der Waals surface area contributed by atoms with Gasteiger partial charge in [-0.1, -0.05) is 13.0 Å². The molecule has 0 radical (unpaired) electrons. The SMILES string of the molecule is CCCN(c1cccc(C(=O)O)c1)C1CC1. The van der Waals surface area contributed by atoms with Gasteiger partial charge in [0.05, 0.1) is 5.56 Å². The first-order chi connectivity index (χ1) is 7.72. The van der Waals surface area contributed by atoms with Crippen LogP contribution in [0.3, 0.4) is 0 Å². The van der Waals surface area contributed by atoms with Crippen molar-refractivity contribution in [2.75, 3.05) is 11.4 Å². The van der Waals surface area contributed by atoms with Crippen LogP contribution < -0.4 is 4.90 Å². The van der Waals surface area contributed by atoms with Crippen molar-refractivity contribution >= 4 is 11.7 Å². The number of anilines is 1. The van der Waals surface area contributed by atoms with Gasteiger partial charge in [0.15, 0.2) is 0 Å². The Hall–Kier alpha value is -1.51. The summed E-state index contributed by atoms with van der Waals surface area (Å²) in [4.78, 5) is 13.2. The number of hydrogen-bond acceptors (Lipinski definition) is 2. The van der Waals surface area contributed by atoms with Crippen LogP contribution in [0.25, 0.3) is 0 Å². The first kappa shape index (κ1) is 11.0. The van der Waals surface area contributed by atoms with Gasteiger partial charge in [0, 0.05) is 18.3 Å². The molecule has 0 spiro atoms. The lowest BCUT2D eigenvalue weighted by Crippen LogP contribution is -2.26. The van der Waals surface area contributed by atoms with Crippen molar-refractivity contribution in [3.05, 3.63) is 29.8 Å². The van der Waals surface area contributed by atoms with Crippen molar-refractivity contribution in [2.24, 2.45) is 0 Å². The van der Waals surface area contributed by atoms with Crippen LogP contribution in [0.5, 0.6) is 0 Å². The summed E-state index contributed by atoms with van der Waals surface area (Å²) in [6, 6.07) is 7.87. The second-order valence-corrected chi connectivity index (χ2v) is 4.28. The van der Waals surface area contributed by atoms with E-state index in [1.165, 1.54) is 12.8 Å². The lowest BCUT2D eigenvalue weighted by molar-refractivity contribution is 0.0697. The molecule has 3 heteroatoms. The molecule has 86 valence electrons. The highest BCUT2D eigenvalue weighted by Crippen LogP contribution is 2.32. The lowest BCUT2D eigenvalue weighted by atomic mass is 10.2. The highest BCUT2D eigenvalue weighted by molar-refractivity contribution is 5.88. The van der Waals surface area contributed by atoms with Crippen molar-refractivity contribution in [2.45, 2.75) is 32.2 Å². The Balaban J connectivity index is 2.22. The van der Waals surface area contributed by atoms with Crippen molar-refractivity contribution in [3.8, 4) is 0 Å². The maximum Gasteiger partial charge on any atom is 0.335 e. The van der Waals surface area contributed by atoms with E-state index in [1.54, 1.807) is 12.1 Å². The second-order valence-electron chi connectivity index (χ2n) is 4.28. The number of carbonyl (C=O) groups is 1. The Morgan fingerprint density at radius 3 is 2.81 bits per heavy atom. The van der Waals surface area contributed by atoms with Crippen LogP contribution in [0.2, 0.25) is 0 Å². The standard InChI is InChI=1S/C13H17NO2/c1-2-8-14(11-6-7-11)12-5-3-4-10(9-12)13(15)16/h3-5,9,11H,2,6-8H2,1H3,(H,15,16). The van der Waals surface area contributed by atoms with Crippen molar-refractivity contribution in [1.82, 2.24) is 0 Å². The van der Waals surface area contributed by atoms with E-state index in [2.05, 4.69) is 11.8 Å².